The van der Waals surface area contributed by atoms with Crippen LogP contribution >= 0.6 is 23.2 Å². The fourth-order valence-corrected chi connectivity index (χ4v) is 2.55. The SMILES string of the molecule is CC(=O)Nc1ccc(NC(=O)COc2ccc(Cl)cc2Cl)c(C(F)(F)F)c1. The van der Waals surface area contributed by atoms with Crippen LogP contribution in [0, 0.1) is 0 Å². The first-order valence-corrected chi connectivity index (χ1v) is 8.18. The zero-order valence-electron chi connectivity index (χ0n) is 13.8. The molecule has 0 saturated heterocycles. The Labute approximate surface area is 162 Å². The smallest absolute Gasteiger partial charge is 0.418 e. The van der Waals surface area contributed by atoms with E-state index in [0.717, 1.165) is 12.1 Å². The van der Waals surface area contributed by atoms with Crippen LogP contribution in [0.5, 0.6) is 5.75 Å². The number of halogens is 5. The molecule has 10 heteroatoms. The highest BCUT2D eigenvalue weighted by Crippen LogP contribution is 2.36. The average molecular weight is 421 g/mol. The van der Waals surface area contributed by atoms with Gasteiger partial charge in [0.25, 0.3) is 5.91 Å². The molecule has 0 aliphatic carbocycles. The van der Waals surface area contributed by atoms with Crippen LogP contribution in [0.1, 0.15) is 12.5 Å². The molecule has 0 spiro atoms. The Morgan fingerprint density at radius 1 is 1.07 bits per heavy atom. The second kappa shape index (κ2) is 8.49. The monoisotopic (exact) mass is 420 g/mol. The van der Waals surface area contributed by atoms with Gasteiger partial charge in [-0.25, -0.2) is 0 Å². The van der Waals surface area contributed by atoms with Crippen LogP contribution in [0.25, 0.3) is 0 Å². The minimum atomic E-state index is -4.74. The number of nitrogens with one attached hydrogen (secondary N) is 2. The lowest BCUT2D eigenvalue weighted by Crippen LogP contribution is -2.22. The quantitative estimate of drug-likeness (QED) is 0.715. The second-order valence-corrected chi connectivity index (χ2v) is 6.19. The molecule has 0 aromatic heterocycles. The van der Waals surface area contributed by atoms with Gasteiger partial charge >= 0.3 is 6.18 Å². The first-order chi connectivity index (χ1) is 12.6. The molecule has 0 aliphatic heterocycles. The number of alkyl halides is 3. The summed E-state index contributed by atoms with van der Waals surface area (Å²) < 4.78 is 44.9. The highest BCUT2D eigenvalue weighted by atomic mass is 35.5. The summed E-state index contributed by atoms with van der Waals surface area (Å²) in [6.07, 6.45) is -4.74. The van der Waals surface area contributed by atoms with E-state index in [4.69, 9.17) is 27.9 Å². The van der Waals surface area contributed by atoms with Crippen LogP contribution in [-0.2, 0) is 15.8 Å². The number of rotatable bonds is 5. The number of carbonyl (C=O) groups is 2. The van der Waals surface area contributed by atoms with Gasteiger partial charge in [0.1, 0.15) is 5.75 Å². The van der Waals surface area contributed by atoms with Crippen molar-refractivity contribution in [2.24, 2.45) is 0 Å². The molecule has 0 saturated carbocycles. The van der Waals surface area contributed by atoms with Crippen molar-refractivity contribution in [2.75, 3.05) is 17.2 Å². The molecule has 2 aromatic rings. The fourth-order valence-electron chi connectivity index (χ4n) is 2.09. The maximum atomic E-state index is 13.2. The third-order valence-electron chi connectivity index (χ3n) is 3.17. The number of hydrogen-bond acceptors (Lipinski definition) is 3. The van der Waals surface area contributed by atoms with E-state index < -0.39 is 35.8 Å². The van der Waals surface area contributed by atoms with Crippen LogP contribution in [0.2, 0.25) is 10.0 Å². The number of amides is 2. The second-order valence-electron chi connectivity index (χ2n) is 5.35. The van der Waals surface area contributed by atoms with Gasteiger partial charge in [0, 0.05) is 17.6 Å². The third-order valence-corrected chi connectivity index (χ3v) is 3.70. The van der Waals surface area contributed by atoms with Crippen molar-refractivity contribution in [1.29, 1.82) is 0 Å². The van der Waals surface area contributed by atoms with Gasteiger partial charge in [-0.2, -0.15) is 13.2 Å². The van der Waals surface area contributed by atoms with Gasteiger partial charge in [0.15, 0.2) is 6.61 Å². The summed E-state index contributed by atoms with van der Waals surface area (Å²) in [6, 6.07) is 7.34. The van der Waals surface area contributed by atoms with E-state index >= 15 is 0 Å². The maximum absolute atomic E-state index is 13.2. The van der Waals surface area contributed by atoms with Crippen LogP contribution in [0.3, 0.4) is 0 Å². The van der Waals surface area contributed by atoms with E-state index in [1.54, 1.807) is 0 Å². The van der Waals surface area contributed by atoms with Gasteiger partial charge < -0.3 is 15.4 Å². The van der Waals surface area contributed by atoms with E-state index in [9.17, 15) is 22.8 Å². The molecule has 0 fully saturated rings. The van der Waals surface area contributed by atoms with E-state index in [0.29, 0.717) is 5.02 Å². The van der Waals surface area contributed by atoms with E-state index in [2.05, 4.69) is 10.6 Å². The van der Waals surface area contributed by atoms with Crippen molar-refractivity contribution < 1.29 is 27.5 Å². The summed E-state index contributed by atoms with van der Waals surface area (Å²) in [6.45, 7) is 0.605. The molecule has 2 aromatic carbocycles. The van der Waals surface area contributed by atoms with Gasteiger partial charge in [-0.1, -0.05) is 23.2 Å². The van der Waals surface area contributed by atoms with E-state index in [-0.39, 0.29) is 16.5 Å². The van der Waals surface area contributed by atoms with Crippen molar-refractivity contribution in [3.05, 3.63) is 52.0 Å². The Kier molecular flexibility index (Phi) is 6.56. The van der Waals surface area contributed by atoms with Crippen molar-refractivity contribution in [3.63, 3.8) is 0 Å². The van der Waals surface area contributed by atoms with Crippen molar-refractivity contribution in [3.8, 4) is 5.75 Å². The summed E-state index contributed by atoms with van der Waals surface area (Å²) in [5.74, 6) is -1.18. The van der Waals surface area contributed by atoms with Crippen molar-refractivity contribution in [1.82, 2.24) is 0 Å². The number of ether oxygens (including phenoxy) is 1. The standard InChI is InChI=1S/C17H13Cl2F3N2O3/c1-9(25)23-11-3-4-14(12(7-11)17(20,21)22)24-16(26)8-27-15-5-2-10(18)6-13(15)19/h2-7H,8H2,1H3,(H,23,25)(H,24,26). The van der Waals surface area contributed by atoms with Crippen LogP contribution < -0.4 is 15.4 Å². The Balaban J connectivity index is 2.13. The van der Waals surface area contributed by atoms with E-state index in [1.165, 1.54) is 31.2 Å². The van der Waals surface area contributed by atoms with Gasteiger partial charge in [0.05, 0.1) is 16.3 Å². The largest absolute Gasteiger partial charge is 0.482 e. The van der Waals surface area contributed by atoms with Crippen molar-refractivity contribution in [2.45, 2.75) is 13.1 Å². The number of anilines is 2. The van der Waals surface area contributed by atoms with Crippen molar-refractivity contribution >= 4 is 46.4 Å². The fraction of sp³-hybridized carbons (Fsp3) is 0.176. The van der Waals surface area contributed by atoms with Crippen LogP contribution in [0.4, 0.5) is 24.5 Å². The molecule has 144 valence electrons. The Hall–Kier alpha value is -2.45. The number of hydrogen-bond donors (Lipinski definition) is 2. The molecular formula is C17H13Cl2F3N2O3. The minimum absolute atomic E-state index is 0.0444. The molecule has 2 N–H and O–H groups in total. The third kappa shape index (κ3) is 6.04. The normalized spacial score (nSPS) is 11.0. The molecule has 0 aliphatic rings. The molecule has 2 amide bonds. The Morgan fingerprint density at radius 2 is 1.78 bits per heavy atom. The molecule has 0 radical (unpaired) electrons. The van der Waals surface area contributed by atoms with Crippen LogP contribution in [-0.4, -0.2) is 18.4 Å². The Morgan fingerprint density at radius 3 is 2.37 bits per heavy atom. The summed E-state index contributed by atoms with van der Waals surface area (Å²) in [5, 5.41) is 4.91. The lowest BCUT2D eigenvalue weighted by molar-refractivity contribution is -0.137. The molecule has 2 rings (SSSR count). The zero-order valence-corrected chi connectivity index (χ0v) is 15.3. The molecule has 0 bridgehead atoms. The average Bonchev–Trinajstić information content (AvgIpc) is 2.54. The first kappa shape index (κ1) is 20.9. The summed E-state index contributed by atoms with van der Waals surface area (Å²) in [7, 11) is 0. The molecule has 5 nitrogen and oxygen atoms in total. The van der Waals surface area contributed by atoms with Gasteiger partial charge in [-0.3, -0.25) is 9.59 Å². The number of carbonyl (C=O) groups excluding carboxylic acids is 2. The highest BCUT2D eigenvalue weighted by molar-refractivity contribution is 6.35. The molecule has 0 unspecified atom stereocenters. The summed E-state index contributed by atoms with van der Waals surface area (Å²) in [4.78, 5) is 23.0. The molecule has 0 atom stereocenters. The first-order valence-electron chi connectivity index (χ1n) is 7.43. The van der Waals surface area contributed by atoms with Gasteiger partial charge in [-0.15, -0.1) is 0 Å². The number of benzene rings is 2. The van der Waals surface area contributed by atoms with Gasteiger partial charge in [-0.05, 0) is 36.4 Å². The highest BCUT2D eigenvalue weighted by Gasteiger charge is 2.34. The van der Waals surface area contributed by atoms with Crippen LogP contribution in [0.15, 0.2) is 36.4 Å². The molecule has 27 heavy (non-hydrogen) atoms. The molecular weight excluding hydrogens is 408 g/mol. The Bertz CT molecular complexity index is 873. The topological polar surface area (TPSA) is 67.4 Å². The predicted octanol–water partition coefficient (Wildman–Crippen LogP) is 4.99. The van der Waals surface area contributed by atoms with E-state index in [1.807, 2.05) is 0 Å². The summed E-state index contributed by atoms with van der Waals surface area (Å²) in [5.41, 5.74) is -1.61. The maximum Gasteiger partial charge on any atom is 0.418 e. The zero-order chi connectivity index (χ0) is 20.2. The minimum Gasteiger partial charge on any atom is -0.482 e. The predicted molar refractivity (Wildman–Crippen MR) is 96.3 cm³/mol. The lowest BCUT2D eigenvalue weighted by atomic mass is 10.1. The van der Waals surface area contributed by atoms with Gasteiger partial charge in [0.2, 0.25) is 5.91 Å². The molecule has 0 heterocycles. The summed E-state index contributed by atoms with van der Waals surface area (Å²) >= 11 is 11.6. The lowest BCUT2D eigenvalue weighted by Gasteiger charge is -2.16.